The summed E-state index contributed by atoms with van der Waals surface area (Å²) < 4.78 is 1.89. The molecule has 0 aliphatic rings. The minimum Gasteiger partial charge on any atom is -0.331 e. The molecule has 16 heavy (non-hydrogen) atoms. The van der Waals surface area contributed by atoms with E-state index in [1.54, 1.807) is 12.5 Å². The molecule has 1 unspecified atom stereocenters. The Balaban J connectivity index is 2.23. The monoisotopic (exact) mass is 217 g/mol. The fourth-order valence-corrected chi connectivity index (χ4v) is 1.54. The third-order valence-electron chi connectivity index (χ3n) is 2.31. The Bertz CT molecular complexity index is 457. The second-order valence-corrected chi connectivity index (χ2v) is 3.99. The summed E-state index contributed by atoms with van der Waals surface area (Å²) in [7, 11) is 1.92. The lowest BCUT2D eigenvalue weighted by Gasteiger charge is -2.05. The molecule has 84 valence electrons. The molecule has 0 fully saturated rings. The Hall–Kier alpha value is -1.75. The Morgan fingerprint density at radius 1 is 1.31 bits per heavy atom. The van der Waals surface area contributed by atoms with Crippen molar-refractivity contribution in [2.75, 3.05) is 0 Å². The molecule has 0 bridgehead atoms. The lowest BCUT2D eigenvalue weighted by Crippen LogP contribution is -2.18. The van der Waals surface area contributed by atoms with Crippen molar-refractivity contribution in [3.63, 3.8) is 0 Å². The summed E-state index contributed by atoms with van der Waals surface area (Å²) >= 11 is 0. The maximum Gasteiger partial charge on any atom is 0.177 e. The van der Waals surface area contributed by atoms with Crippen LogP contribution in [0.5, 0.6) is 0 Å². The van der Waals surface area contributed by atoms with E-state index in [2.05, 4.69) is 15.0 Å². The first-order chi connectivity index (χ1) is 7.66. The molecule has 2 heterocycles. The summed E-state index contributed by atoms with van der Waals surface area (Å²) in [6.45, 7) is 1.97. The van der Waals surface area contributed by atoms with Crippen LogP contribution in [0, 0.1) is 0 Å². The van der Waals surface area contributed by atoms with Crippen LogP contribution in [-0.2, 0) is 13.5 Å². The van der Waals surface area contributed by atoms with Crippen molar-refractivity contribution in [1.29, 1.82) is 0 Å². The summed E-state index contributed by atoms with van der Waals surface area (Å²) in [5.41, 5.74) is 7.68. The van der Waals surface area contributed by atoms with Crippen LogP contribution < -0.4 is 5.73 Å². The van der Waals surface area contributed by atoms with Gasteiger partial charge in [0.1, 0.15) is 5.69 Å². The fourth-order valence-electron chi connectivity index (χ4n) is 1.54. The number of aryl methyl sites for hydroxylation is 1. The van der Waals surface area contributed by atoms with Crippen molar-refractivity contribution < 1.29 is 0 Å². The molecule has 2 aromatic rings. The van der Waals surface area contributed by atoms with E-state index in [1.807, 2.05) is 30.9 Å². The molecule has 2 rings (SSSR count). The molecule has 5 heteroatoms. The number of imidazole rings is 1. The minimum absolute atomic E-state index is 0.131. The summed E-state index contributed by atoms with van der Waals surface area (Å²) in [6.07, 6.45) is 7.91. The third kappa shape index (κ3) is 2.25. The Labute approximate surface area is 94.4 Å². The van der Waals surface area contributed by atoms with E-state index in [0.717, 1.165) is 17.7 Å². The van der Waals surface area contributed by atoms with Gasteiger partial charge in [0.2, 0.25) is 0 Å². The highest BCUT2D eigenvalue weighted by Crippen LogP contribution is 2.12. The van der Waals surface area contributed by atoms with Crippen LogP contribution in [0.3, 0.4) is 0 Å². The second kappa shape index (κ2) is 4.40. The normalized spacial score (nSPS) is 12.7. The van der Waals surface area contributed by atoms with Gasteiger partial charge in [-0.3, -0.25) is 0 Å². The maximum absolute atomic E-state index is 5.71. The number of hydrogen-bond acceptors (Lipinski definition) is 4. The van der Waals surface area contributed by atoms with Gasteiger partial charge in [0, 0.05) is 25.5 Å². The highest BCUT2D eigenvalue weighted by atomic mass is 15.1. The van der Waals surface area contributed by atoms with Crippen LogP contribution in [0.4, 0.5) is 0 Å². The quantitative estimate of drug-likeness (QED) is 0.824. The molecular formula is C11H15N5. The molecule has 2 N–H and O–H groups in total. The predicted octanol–water partition coefficient (Wildman–Crippen LogP) is 0.767. The Morgan fingerprint density at radius 2 is 2.00 bits per heavy atom. The zero-order valence-corrected chi connectivity index (χ0v) is 9.46. The smallest absolute Gasteiger partial charge is 0.177 e. The van der Waals surface area contributed by atoms with Gasteiger partial charge in [-0.25, -0.2) is 15.0 Å². The topological polar surface area (TPSA) is 69.6 Å². The van der Waals surface area contributed by atoms with Gasteiger partial charge >= 0.3 is 0 Å². The molecule has 1 atom stereocenters. The number of hydrogen-bond donors (Lipinski definition) is 1. The summed E-state index contributed by atoms with van der Waals surface area (Å²) in [5.74, 6) is 0.688. The number of nitrogens with two attached hydrogens (primary N) is 1. The van der Waals surface area contributed by atoms with Crippen LogP contribution in [0.1, 0.15) is 12.5 Å². The molecule has 2 aromatic heterocycles. The van der Waals surface area contributed by atoms with Gasteiger partial charge in [-0.05, 0) is 18.9 Å². The highest BCUT2D eigenvalue weighted by Gasteiger charge is 2.05. The van der Waals surface area contributed by atoms with Crippen LogP contribution in [0.2, 0.25) is 0 Å². The molecule has 0 spiro atoms. The van der Waals surface area contributed by atoms with Gasteiger partial charge in [-0.1, -0.05) is 0 Å². The van der Waals surface area contributed by atoms with Crippen molar-refractivity contribution >= 4 is 0 Å². The van der Waals surface area contributed by atoms with Gasteiger partial charge in [0.25, 0.3) is 0 Å². The standard InChI is InChI=1S/C11H15N5/c1-8(12)3-9-4-14-11(15-5-9)10-6-13-7-16(10)2/h4-8H,3,12H2,1-2H3. The zero-order chi connectivity index (χ0) is 11.5. The first-order valence-corrected chi connectivity index (χ1v) is 5.20. The zero-order valence-electron chi connectivity index (χ0n) is 9.46. The van der Waals surface area contributed by atoms with Gasteiger partial charge in [-0.15, -0.1) is 0 Å². The molecule has 0 radical (unpaired) electrons. The lowest BCUT2D eigenvalue weighted by atomic mass is 10.1. The molecule has 0 aromatic carbocycles. The van der Waals surface area contributed by atoms with E-state index >= 15 is 0 Å². The van der Waals surface area contributed by atoms with Crippen molar-refractivity contribution in [2.45, 2.75) is 19.4 Å². The predicted molar refractivity (Wildman–Crippen MR) is 61.6 cm³/mol. The van der Waals surface area contributed by atoms with E-state index in [-0.39, 0.29) is 6.04 Å². The van der Waals surface area contributed by atoms with Crippen LogP contribution >= 0.6 is 0 Å². The second-order valence-electron chi connectivity index (χ2n) is 3.99. The molecule has 0 amide bonds. The summed E-state index contributed by atoms with van der Waals surface area (Å²) in [5, 5.41) is 0. The summed E-state index contributed by atoms with van der Waals surface area (Å²) in [6, 6.07) is 0.131. The van der Waals surface area contributed by atoms with Crippen molar-refractivity contribution in [1.82, 2.24) is 19.5 Å². The Kier molecular flexibility index (Phi) is 2.96. The summed E-state index contributed by atoms with van der Waals surface area (Å²) in [4.78, 5) is 12.6. The van der Waals surface area contributed by atoms with Gasteiger partial charge in [0.05, 0.1) is 12.5 Å². The van der Waals surface area contributed by atoms with Crippen LogP contribution in [0.25, 0.3) is 11.5 Å². The minimum atomic E-state index is 0.131. The molecule has 0 aliphatic heterocycles. The van der Waals surface area contributed by atoms with E-state index in [0.29, 0.717) is 5.82 Å². The largest absolute Gasteiger partial charge is 0.331 e. The van der Waals surface area contributed by atoms with Crippen molar-refractivity contribution in [3.8, 4) is 11.5 Å². The molecule has 5 nitrogen and oxygen atoms in total. The maximum atomic E-state index is 5.71. The molecule has 0 saturated heterocycles. The first kappa shape index (κ1) is 10.8. The van der Waals surface area contributed by atoms with Crippen LogP contribution in [0.15, 0.2) is 24.9 Å². The van der Waals surface area contributed by atoms with Gasteiger partial charge in [0.15, 0.2) is 5.82 Å². The van der Waals surface area contributed by atoms with E-state index < -0.39 is 0 Å². The van der Waals surface area contributed by atoms with E-state index in [9.17, 15) is 0 Å². The molecule has 0 saturated carbocycles. The first-order valence-electron chi connectivity index (χ1n) is 5.20. The van der Waals surface area contributed by atoms with Crippen molar-refractivity contribution in [2.24, 2.45) is 12.8 Å². The highest BCUT2D eigenvalue weighted by molar-refractivity contribution is 5.47. The number of aromatic nitrogens is 4. The van der Waals surface area contributed by atoms with Gasteiger partial charge in [-0.2, -0.15) is 0 Å². The number of nitrogens with zero attached hydrogens (tertiary/aromatic N) is 4. The lowest BCUT2D eigenvalue weighted by molar-refractivity contribution is 0.732. The van der Waals surface area contributed by atoms with Crippen molar-refractivity contribution in [3.05, 3.63) is 30.5 Å². The molecular weight excluding hydrogens is 202 g/mol. The Morgan fingerprint density at radius 3 is 2.50 bits per heavy atom. The van der Waals surface area contributed by atoms with E-state index in [4.69, 9.17) is 5.73 Å². The van der Waals surface area contributed by atoms with Crippen LogP contribution in [-0.4, -0.2) is 25.6 Å². The van der Waals surface area contributed by atoms with E-state index in [1.165, 1.54) is 0 Å². The fraction of sp³-hybridized carbons (Fsp3) is 0.364. The van der Waals surface area contributed by atoms with Gasteiger partial charge < -0.3 is 10.3 Å². The SMILES string of the molecule is CC(N)Cc1cnc(-c2cncn2C)nc1. The third-order valence-corrected chi connectivity index (χ3v) is 2.31. The average Bonchev–Trinajstić information content (AvgIpc) is 2.65. The average molecular weight is 217 g/mol. The molecule has 0 aliphatic carbocycles. The number of rotatable bonds is 3.